The molecule has 3 aromatic rings. The lowest BCUT2D eigenvalue weighted by atomic mass is 10.1. The number of ether oxygens (including phenoxy) is 1. The van der Waals surface area contributed by atoms with Crippen LogP contribution in [-0.4, -0.2) is 20.9 Å². The number of nitro benzene ring substituents is 2. The van der Waals surface area contributed by atoms with E-state index in [9.17, 15) is 30.1 Å². The molecule has 0 amide bonds. The second-order valence-corrected chi connectivity index (χ2v) is 6.04. The average molecular weight is 406 g/mol. The Bertz CT molecular complexity index is 1160. The van der Waals surface area contributed by atoms with Crippen LogP contribution in [0.25, 0.3) is 11.8 Å². The molecule has 30 heavy (non-hydrogen) atoms. The summed E-state index contributed by atoms with van der Waals surface area (Å²) >= 11 is 0. The molecule has 0 aliphatic carbocycles. The van der Waals surface area contributed by atoms with Gasteiger partial charge in [0.15, 0.2) is 0 Å². The second-order valence-electron chi connectivity index (χ2n) is 6.04. The lowest BCUT2D eigenvalue weighted by Crippen LogP contribution is -2.08. The summed E-state index contributed by atoms with van der Waals surface area (Å²) in [5, 5.41) is 32.4. The van der Waals surface area contributed by atoms with Gasteiger partial charge in [0.2, 0.25) is 0 Å². The Morgan fingerprint density at radius 1 is 0.867 bits per heavy atom. The maximum atomic E-state index is 12.7. The topological polar surface area (TPSA) is 133 Å². The molecule has 0 aliphatic heterocycles. The summed E-state index contributed by atoms with van der Waals surface area (Å²) < 4.78 is 5.39. The Balaban J connectivity index is 2.04. The second kappa shape index (κ2) is 8.65. The first-order valence-electron chi connectivity index (χ1n) is 8.57. The number of nitro groups is 2. The number of hydrogen-bond acceptors (Lipinski definition) is 7. The highest BCUT2D eigenvalue weighted by atomic mass is 16.6. The van der Waals surface area contributed by atoms with Gasteiger partial charge in [-0.3, -0.25) is 20.2 Å². The molecule has 9 heteroatoms. The minimum Gasteiger partial charge on any atom is -0.507 e. The van der Waals surface area contributed by atoms with E-state index in [1.807, 2.05) is 0 Å². The summed E-state index contributed by atoms with van der Waals surface area (Å²) in [6, 6.07) is 17.5. The fourth-order valence-electron chi connectivity index (χ4n) is 2.66. The van der Waals surface area contributed by atoms with Gasteiger partial charge in [0.1, 0.15) is 17.1 Å². The molecule has 0 fully saturated rings. The van der Waals surface area contributed by atoms with Crippen molar-refractivity contribution < 1.29 is 24.5 Å². The van der Waals surface area contributed by atoms with Crippen molar-refractivity contribution in [3.8, 4) is 5.75 Å². The largest absolute Gasteiger partial charge is 0.507 e. The number of para-hydroxylation sites is 1. The molecule has 1 N–H and O–H groups in total. The highest BCUT2D eigenvalue weighted by Crippen LogP contribution is 2.31. The molecule has 3 rings (SSSR count). The molecule has 0 bridgehead atoms. The van der Waals surface area contributed by atoms with Crippen LogP contribution in [0.2, 0.25) is 0 Å². The maximum absolute atomic E-state index is 12.7. The van der Waals surface area contributed by atoms with Gasteiger partial charge < -0.3 is 9.84 Å². The number of benzene rings is 3. The van der Waals surface area contributed by atoms with Crippen molar-refractivity contribution >= 4 is 29.2 Å². The predicted molar refractivity (Wildman–Crippen MR) is 108 cm³/mol. The van der Waals surface area contributed by atoms with Crippen molar-refractivity contribution in [3.05, 3.63) is 110 Å². The highest BCUT2D eigenvalue weighted by molar-refractivity contribution is 5.99. The highest BCUT2D eigenvalue weighted by Gasteiger charge is 2.26. The number of nitrogens with zero attached hydrogens (tertiary/aromatic N) is 2. The van der Waals surface area contributed by atoms with Crippen LogP contribution in [0.15, 0.2) is 72.8 Å². The van der Waals surface area contributed by atoms with E-state index < -0.39 is 32.8 Å². The number of rotatable bonds is 6. The summed E-state index contributed by atoms with van der Waals surface area (Å²) in [6.45, 7) is 0. The molecule has 0 unspecified atom stereocenters. The Kier molecular flexibility index (Phi) is 5.83. The summed E-state index contributed by atoms with van der Waals surface area (Å²) in [7, 11) is 0. The summed E-state index contributed by atoms with van der Waals surface area (Å²) in [6.07, 6.45) is 1.49. The lowest BCUT2D eigenvalue weighted by Gasteiger charge is -2.11. The van der Waals surface area contributed by atoms with Gasteiger partial charge in [-0.05, 0) is 29.8 Å². The Morgan fingerprint density at radius 3 is 2.17 bits per heavy atom. The normalized spacial score (nSPS) is 11.0. The molecule has 0 aromatic heterocycles. The van der Waals surface area contributed by atoms with Crippen LogP contribution in [0.4, 0.5) is 11.4 Å². The fourth-order valence-corrected chi connectivity index (χ4v) is 2.66. The van der Waals surface area contributed by atoms with Crippen molar-refractivity contribution in [1.82, 2.24) is 0 Å². The molecule has 0 saturated heterocycles. The number of hydrogen-bond donors (Lipinski definition) is 1. The van der Waals surface area contributed by atoms with Crippen molar-refractivity contribution in [3.63, 3.8) is 0 Å². The van der Waals surface area contributed by atoms with Gasteiger partial charge in [-0.25, -0.2) is 4.79 Å². The van der Waals surface area contributed by atoms with Gasteiger partial charge in [0, 0.05) is 6.07 Å². The smallest absolute Gasteiger partial charge is 0.350 e. The van der Waals surface area contributed by atoms with Crippen LogP contribution in [0.3, 0.4) is 0 Å². The number of carbonyl (C=O) groups is 1. The third kappa shape index (κ3) is 4.47. The number of esters is 1. The van der Waals surface area contributed by atoms with E-state index in [1.54, 1.807) is 42.5 Å². The predicted octanol–water partition coefficient (Wildman–Crippen LogP) is 4.56. The zero-order valence-corrected chi connectivity index (χ0v) is 15.3. The standard InChI is InChI=1S/C21H14N2O7/c24-19-9-5-4-8-17(19)20(12-14-6-2-1-3-7-14)30-21(25)16-11-10-15(22(26)27)13-18(16)23(28)29/h1-13,24H/b20-12+. The molecular formula is C21H14N2O7. The SMILES string of the molecule is O=C(O/C(=C/c1ccccc1)c1ccccc1O)c1ccc([N+](=O)[O-])cc1[N+](=O)[O-]. The van der Waals surface area contributed by atoms with Crippen molar-refractivity contribution in [2.75, 3.05) is 0 Å². The maximum Gasteiger partial charge on any atom is 0.350 e. The zero-order chi connectivity index (χ0) is 21.7. The molecule has 3 aromatic carbocycles. The van der Waals surface area contributed by atoms with Gasteiger partial charge >= 0.3 is 5.97 Å². The van der Waals surface area contributed by atoms with Gasteiger partial charge in [0.05, 0.1) is 21.5 Å². The molecule has 0 saturated carbocycles. The monoisotopic (exact) mass is 406 g/mol. The fraction of sp³-hybridized carbons (Fsp3) is 0. The first-order chi connectivity index (χ1) is 14.4. The van der Waals surface area contributed by atoms with Gasteiger partial charge in [-0.1, -0.05) is 42.5 Å². The van der Waals surface area contributed by atoms with Crippen LogP contribution in [0.1, 0.15) is 21.5 Å². The number of phenolic OH excluding ortho intramolecular Hbond substituents is 1. The van der Waals surface area contributed by atoms with Crippen LogP contribution in [0, 0.1) is 20.2 Å². The number of phenols is 1. The Morgan fingerprint density at radius 2 is 1.53 bits per heavy atom. The first kappa shape index (κ1) is 20.2. The number of non-ortho nitro benzene ring substituents is 1. The van der Waals surface area contributed by atoms with Gasteiger partial charge in [-0.15, -0.1) is 0 Å². The summed E-state index contributed by atoms with van der Waals surface area (Å²) in [5.74, 6) is -1.30. The minimum absolute atomic E-state index is 0.0445. The van der Waals surface area contributed by atoms with E-state index in [4.69, 9.17) is 4.74 Å². The average Bonchev–Trinajstić information content (AvgIpc) is 2.73. The number of carbonyl (C=O) groups excluding carboxylic acids is 1. The Hall–Kier alpha value is -4.53. The van der Waals surface area contributed by atoms with E-state index in [-0.39, 0.29) is 17.1 Å². The third-order valence-electron chi connectivity index (χ3n) is 4.08. The van der Waals surface area contributed by atoms with Crippen LogP contribution < -0.4 is 0 Å². The van der Waals surface area contributed by atoms with E-state index in [1.165, 1.54) is 18.2 Å². The summed E-state index contributed by atoms with van der Waals surface area (Å²) in [5.41, 5.74) is -0.898. The van der Waals surface area contributed by atoms with Gasteiger partial charge in [0.25, 0.3) is 11.4 Å². The molecule has 9 nitrogen and oxygen atoms in total. The van der Waals surface area contributed by atoms with Gasteiger partial charge in [-0.2, -0.15) is 0 Å². The Labute approximate surface area is 169 Å². The minimum atomic E-state index is -1.10. The summed E-state index contributed by atoms with van der Waals surface area (Å²) in [4.78, 5) is 33.2. The molecule has 0 spiro atoms. The lowest BCUT2D eigenvalue weighted by molar-refractivity contribution is -0.394. The number of aromatic hydroxyl groups is 1. The van der Waals surface area contributed by atoms with E-state index >= 15 is 0 Å². The van der Waals surface area contributed by atoms with Crippen LogP contribution in [-0.2, 0) is 4.74 Å². The van der Waals surface area contributed by atoms with E-state index in [0.29, 0.717) is 11.6 Å². The zero-order valence-electron chi connectivity index (χ0n) is 15.3. The molecule has 0 atom stereocenters. The molecule has 0 aliphatic rings. The molecule has 150 valence electrons. The van der Waals surface area contributed by atoms with E-state index in [2.05, 4.69) is 0 Å². The van der Waals surface area contributed by atoms with Crippen LogP contribution >= 0.6 is 0 Å². The molecule has 0 radical (unpaired) electrons. The first-order valence-corrected chi connectivity index (χ1v) is 8.57. The van der Waals surface area contributed by atoms with E-state index in [0.717, 1.165) is 12.1 Å². The van der Waals surface area contributed by atoms with Crippen molar-refractivity contribution in [1.29, 1.82) is 0 Å². The third-order valence-corrected chi connectivity index (χ3v) is 4.08. The quantitative estimate of drug-likeness (QED) is 0.208. The van der Waals surface area contributed by atoms with Crippen molar-refractivity contribution in [2.45, 2.75) is 0 Å². The molecule has 0 heterocycles. The van der Waals surface area contributed by atoms with Crippen molar-refractivity contribution in [2.24, 2.45) is 0 Å². The molecular weight excluding hydrogens is 392 g/mol. The van der Waals surface area contributed by atoms with Crippen LogP contribution in [0.5, 0.6) is 5.75 Å².